The Morgan fingerprint density at radius 1 is 1.47 bits per heavy atom. The van der Waals surface area contributed by atoms with Crippen LogP contribution in [0.1, 0.15) is 39.0 Å². The number of hydrogen-bond acceptors (Lipinski definition) is 2. The number of hydrogen-bond donors (Lipinski definition) is 2. The lowest BCUT2D eigenvalue weighted by Gasteiger charge is -2.37. The molecule has 0 bridgehead atoms. The molecule has 2 N–H and O–H groups in total. The summed E-state index contributed by atoms with van der Waals surface area (Å²) >= 11 is 0. The van der Waals surface area contributed by atoms with Gasteiger partial charge in [0.05, 0.1) is 0 Å². The predicted octanol–water partition coefficient (Wildman–Crippen LogP) is 1.29. The van der Waals surface area contributed by atoms with Crippen molar-refractivity contribution in [1.82, 2.24) is 10.6 Å². The summed E-state index contributed by atoms with van der Waals surface area (Å²) < 4.78 is 0. The molecule has 1 amide bonds. The van der Waals surface area contributed by atoms with Crippen LogP contribution in [-0.2, 0) is 4.79 Å². The van der Waals surface area contributed by atoms with Gasteiger partial charge in [-0.1, -0.05) is 13.3 Å². The third kappa shape index (κ3) is 2.51. The van der Waals surface area contributed by atoms with Crippen molar-refractivity contribution in [3.05, 3.63) is 0 Å². The summed E-state index contributed by atoms with van der Waals surface area (Å²) in [6.07, 6.45) is 5.86. The summed E-state index contributed by atoms with van der Waals surface area (Å²) in [7, 11) is 0. The molecule has 0 aromatic carbocycles. The van der Waals surface area contributed by atoms with Crippen LogP contribution in [0.2, 0.25) is 0 Å². The molecule has 1 heterocycles. The minimum Gasteiger partial charge on any atom is -0.355 e. The number of piperidine rings is 1. The molecule has 2 fully saturated rings. The maximum Gasteiger partial charge on any atom is 0.225 e. The zero-order valence-corrected chi connectivity index (χ0v) is 9.64. The van der Waals surface area contributed by atoms with E-state index in [0.29, 0.717) is 5.92 Å². The topological polar surface area (TPSA) is 41.1 Å². The van der Waals surface area contributed by atoms with Gasteiger partial charge in [-0.05, 0) is 44.7 Å². The number of rotatable bonds is 3. The smallest absolute Gasteiger partial charge is 0.225 e. The Morgan fingerprint density at radius 3 is 2.80 bits per heavy atom. The molecule has 2 rings (SSSR count). The van der Waals surface area contributed by atoms with E-state index in [1.54, 1.807) is 0 Å². The number of carbonyl (C=O) groups excluding carboxylic acids is 1. The lowest BCUT2D eigenvalue weighted by atomic mass is 9.70. The van der Waals surface area contributed by atoms with Crippen LogP contribution in [0.4, 0.5) is 0 Å². The molecule has 1 aliphatic heterocycles. The third-order valence-electron chi connectivity index (χ3n) is 3.96. The van der Waals surface area contributed by atoms with Crippen LogP contribution < -0.4 is 10.6 Å². The van der Waals surface area contributed by atoms with E-state index in [0.717, 1.165) is 32.5 Å². The van der Waals surface area contributed by atoms with E-state index in [-0.39, 0.29) is 11.3 Å². The zero-order chi connectivity index (χ0) is 10.7. The van der Waals surface area contributed by atoms with E-state index in [1.165, 1.54) is 19.3 Å². The molecule has 86 valence electrons. The van der Waals surface area contributed by atoms with Gasteiger partial charge in [0.2, 0.25) is 5.91 Å². The minimum atomic E-state index is -0.0396. The van der Waals surface area contributed by atoms with E-state index < -0.39 is 0 Å². The van der Waals surface area contributed by atoms with Crippen molar-refractivity contribution in [2.75, 3.05) is 19.6 Å². The summed E-state index contributed by atoms with van der Waals surface area (Å²) in [6, 6.07) is 0. The SMILES string of the molecule is CC1(C(=O)NCC2CCCNC2)CCC1. The summed E-state index contributed by atoms with van der Waals surface area (Å²) in [4.78, 5) is 11.9. The number of nitrogens with one attached hydrogen (secondary N) is 2. The average Bonchev–Trinajstić information content (AvgIpc) is 2.24. The van der Waals surface area contributed by atoms with E-state index in [9.17, 15) is 4.79 Å². The number of carbonyl (C=O) groups is 1. The molecule has 1 atom stereocenters. The Labute approximate surface area is 92.0 Å². The second kappa shape index (κ2) is 4.52. The minimum absolute atomic E-state index is 0.0396. The Hall–Kier alpha value is -0.570. The quantitative estimate of drug-likeness (QED) is 0.737. The normalized spacial score (nSPS) is 29.3. The molecule has 1 saturated carbocycles. The van der Waals surface area contributed by atoms with Crippen molar-refractivity contribution in [3.8, 4) is 0 Å². The van der Waals surface area contributed by atoms with Gasteiger partial charge in [-0.15, -0.1) is 0 Å². The first-order chi connectivity index (χ1) is 7.21. The van der Waals surface area contributed by atoms with Crippen LogP contribution in [0.15, 0.2) is 0 Å². The van der Waals surface area contributed by atoms with Crippen LogP contribution in [0, 0.1) is 11.3 Å². The van der Waals surface area contributed by atoms with Crippen molar-refractivity contribution in [3.63, 3.8) is 0 Å². The fourth-order valence-corrected chi connectivity index (χ4v) is 2.48. The highest BCUT2D eigenvalue weighted by Gasteiger charge is 2.39. The molecule has 0 aromatic rings. The fourth-order valence-electron chi connectivity index (χ4n) is 2.48. The predicted molar refractivity (Wildman–Crippen MR) is 60.6 cm³/mol. The van der Waals surface area contributed by atoms with Crippen LogP contribution in [-0.4, -0.2) is 25.5 Å². The van der Waals surface area contributed by atoms with E-state index >= 15 is 0 Å². The first-order valence-electron chi connectivity index (χ1n) is 6.20. The summed E-state index contributed by atoms with van der Waals surface area (Å²) in [5.41, 5.74) is -0.0396. The van der Waals surface area contributed by atoms with Gasteiger partial charge in [0.25, 0.3) is 0 Å². The van der Waals surface area contributed by atoms with Crippen molar-refractivity contribution in [2.24, 2.45) is 11.3 Å². The van der Waals surface area contributed by atoms with Crippen LogP contribution in [0.5, 0.6) is 0 Å². The lowest BCUT2D eigenvalue weighted by Crippen LogP contribution is -2.46. The highest BCUT2D eigenvalue weighted by Crippen LogP contribution is 2.40. The Bertz CT molecular complexity index is 230. The molecule has 0 spiro atoms. The van der Waals surface area contributed by atoms with Gasteiger partial charge in [-0.2, -0.15) is 0 Å². The molecular weight excluding hydrogens is 188 g/mol. The first kappa shape index (κ1) is 10.9. The van der Waals surface area contributed by atoms with Crippen LogP contribution in [0.25, 0.3) is 0 Å². The lowest BCUT2D eigenvalue weighted by molar-refractivity contribution is -0.134. The molecule has 1 unspecified atom stereocenters. The molecule has 3 heteroatoms. The van der Waals surface area contributed by atoms with Gasteiger partial charge >= 0.3 is 0 Å². The van der Waals surface area contributed by atoms with Gasteiger partial charge in [0.1, 0.15) is 0 Å². The van der Waals surface area contributed by atoms with Crippen LogP contribution in [0.3, 0.4) is 0 Å². The standard InChI is InChI=1S/C12H22N2O/c1-12(5-3-6-12)11(15)14-9-10-4-2-7-13-8-10/h10,13H,2-9H2,1H3,(H,14,15). The zero-order valence-electron chi connectivity index (χ0n) is 9.64. The fraction of sp³-hybridized carbons (Fsp3) is 0.917. The third-order valence-corrected chi connectivity index (χ3v) is 3.96. The van der Waals surface area contributed by atoms with Gasteiger partial charge in [0, 0.05) is 12.0 Å². The highest BCUT2D eigenvalue weighted by atomic mass is 16.2. The maximum absolute atomic E-state index is 11.9. The van der Waals surface area contributed by atoms with Gasteiger partial charge in [-0.25, -0.2) is 0 Å². The van der Waals surface area contributed by atoms with Crippen molar-refractivity contribution >= 4 is 5.91 Å². The van der Waals surface area contributed by atoms with Crippen molar-refractivity contribution in [1.29, 1.82) is 0 Å². The molecule has 2 aliphatic rings. The number of amides is 1. The second-order valence-corrected chi connectivity index (χ2v) is 5.34. The molecule has 1 aliphatic carbocycles. The molecule has 0 radical (unpaired) electrons. The van der Waals surface area contributed by atoms with Crippen molar-refractivity contribution < 1.29 is 4.79 Å². The van der Waals surface area contributed by atoms with Gasteiger partial charge in [0.15, 0.2) is 0 Å². The first-order valence-corrected chi connectivity index (χ1v) is 6.20. The maximum atomic E-state index is 11.9. The average molecular weight is 210 g/mol. The Balaban J connectivity index is 1.70. The molecular formula is C12H22N2O. The van der Waals surface area contributed by atoms with Gasteiger partial charge < -0.3 is 10.6 Å². The van der Waals surface area contributed by atoms with E-state index in [1.807, 2.05) is 0 Å². The highest BCUT2D eigenvalue weighted by molar-refractivity contribution is 5.83. The van der Waals surface area contributed by atoms with E-state index in [2.05, 4.69) is 17.6 Å². The Morgan fingerprint density at radius 2 is 2.27 bits per heavy atom. The second-order valence-electron chi connectivity index (χ2n) is 5.34. The largest absolute Gasteiger partial charge is 0.355 e. The molecule has 15 heavy (non-hydrogen) atoms. The van der Waals surface area contributed by atoms with Crippen LogP contribution >= 0.6 is 0 Å². The summed E-state index contributed by atoms with van der Waals surface area (Å²) in [5, 5.41) is 6.49. The molecule has 1 saturated heterocycles. The van der Waals surface area contributed by atoms with Crippen molar-refractivity contribution in [2.45, 2.75) is 39.0 Å². The van der Waals surface area contributed by atoms with Gasteiger partial charge in [-0.3, -0.25) is 4.79 Å². The Kier molecular flexibility index (Phi) is 3.29. The monoisotopic (exact) mass is 210 g/mol. The molecule has 0 aromatic heterocycles. The molecule has 3 nitrogen and oxygen atoms in total. The van der Waals surface area contributed by atoms with E-state index in [4.69, 9.17) is 0 Å². The summed E-state index contributed by atoms with van der Waals surface area (Å²) in [6.45, 7) is 5.16. The summed E-state index contributed by atoms with van der Waals surface area (Å²) in [5.74, 6) is 0.922.